The quantitative estimate of drug-likeness (QED) is 0.282. The van der Waals surface area contributed by atoms with E-state index in [1.165, 1.54) is 29.2 Å². The number of hydrogen-bond donors (Lipinski definition) is 1. The van der Waals surface area contributed by atoms with Crippen molar-refractivity contribution >= 4 is 27.5 Å². The zero-order valence-corrected chi connectivity index (χ0v) is 24.4. The lowest BCUT2D eigenvalue weighted by atomic mass is 10.1. The van der Waals surface area contributed by atoms with Crippen LogP contribution >= 0.6 is 0 Å². The largest absolute Gasteiger partial charge is 0.354 e. The molecule has 1 atom stereocenters. The molecule has 0 aliphatic heterocycles. The van der Waals surface area contributed by atoms with Gasteiger partial charge in [-0.2, -0.15) is 0 Å². The molecule has 0 saturated carbocycles. The summed E-state index contributed by atoms with van der Waals surface area (Å²) in [4.78, 5) is 28.7. The number of benzene rings is 3. The van der Waals surface area contributed by atoms with E-state index in [4.69, 9.17) is 0 Å². The lowest BCUT2D eigenvalue weighted by Crippen LogP contribution is -2.52. The van der Waals surface area contributed by atoms with Crippen LogP contribution in [0.25, 0.3) is 0 Å². The summed E-state index contributed by atoms with van der Waals surface area (Å²) in [5.74, 6) is -1.27. The van der Waals surface area contributed by atoms with Crippen LogP contribution in [0.15, 0.2) is 77.7 Å². The highest BCUT2D eigenvalue weighted by Gasteiger charge is 2.33. The first kappa shape index (κ1) is 30.8. The molecule has 0 spiro atoms. The van der Waals surface area contributed by atoms with E-state index in [0.29, 0.717) is 24.2 Å². The predicted molar refractivity (Wildman–Crippen MR) is 156 cm³/mol. The van der Waals surface area contributed by atoms with Crippen LogP contribution < -0.4 is 9.62 Å². The van der Waals surface area contributed by atoms with Crippen molar-refractivity contribution < 1.29 is 22.4 Å². The number of sulfonamides is 1. The third-order valence-electron chi connectivity index (χ3n) is 6.66. The summed E-state index contributed by atoms with van der Waals surface area (Å²) in [6.45, 7) is 7.50. The maximum absolute atomic E-state index is 14.0. The van der Waals surface area contributed by atoms with Crippen molar-refractivity contribution in [2.45, 2.75) is 64.4 Å². The lowest BCUT2D eigenvalue weighted by molar-refractivity contribution is -0.140. The number of aryl methyl sites for hydroxylation is 2. The molecule has 9 heteroatoms. The number of unbranched alkanes of at least 4 members (excludes halogenated alkanes) is 1. The van der Waals surface area contributed by atoms with Crippen molar-refractivity contribution in [1.29, 1.82) is 0 Å². The lowest BCUT2D eigenvalue weighted by Gasteiger charge is -2.33. The summed E-state index contributed by atoms with van der Waals surface area (Å²) >= 11 is 0. The molecule has 0 radical (unpaired) electrons. The van der Waals surface area contributed by atoms with Crippen LogP contribution in [-0.2, 0) is 26.2 Å². The van der Waals surface area contributed by atoms with Crippen LogP contribution in [-0.4, -0.2) is 44.3 Å². The minimum absolute atomic E-state index is 0.0189. The van der Waals surface area contributed by atoms with Gasteiger partial charge in [-0.1, -0.05) is 62.2 Å². The summed E-state index contributed by atoms with van der Waals surface area (Å²) < 4.78 is 42.5. The summed E-state index contributed by atoms with van der Waals surface area (Å²) in [7, 11) is -4.13. The van der Waals surface area contributed by atoms with Gasteiger partial charge in [0.05, 0.1) is 10.6 Å². The van der Waals surface area contributed by atoms with Crippen molar-refractivity contribution in [2.75, 3.05) is 17.4 Å². The van der Waals surface area contributed by atoms with E-state index in [-0.39, 0.29) is 17.3 Å². The van der Waals surface area contributed by atoms with Gasteiger partial charge in [0.1, 0.15) is 18.4 Å². The highest BCUT2D eigenvalue weighted by atomic mass is 32.2. The van der Waals surface area contributed by atoms with Crippen molar-refractivity contribution in [3.8, 4) is 0 Å². The molecular formula is C31H38FN3O4S. The highest BCUT2D eigenvalue weighted by molar-refractivity contribution is 7.92. The molecule has 0 heterocycles. The molecule has 0 bridgehead atoms. The highest BCUT2D eigenvalue weighted by Crippen LogP contribution is 2.26. The average molecular weight is 568 g/mol. The Labute approximate surface area is 237 Å². The van der Waals surface area contributed by atoms with E-state index < -0.39 is 34.3 Å². The summed E-state index contributed by atoms with van der Waals surface area (Å²) in [5.41, 5.74) is 2.70. The van der Waals surface area contributed by atoms with E-state index >= 15 is 0 Å². The number of anilines is 1. The Morgan fingerprint density at radius 2 is 1.60 bits per heavy atom. The number of halogens is 1. The zero-order valence-electron chi connectivity index (χ0n) is 23.6. The van der Waals surface area contributed by atoms with Crippen molar-refractivity contribution in [3.05, 3.63) is 95.3 Å². The third-order valence-corrected chi connectivity index (χ3v) is 8.45. The van der Waals surface area contributed by atoms with Gasteiger partial charge in [0.25, 0.3) is 10.0 Å². The molecule has 3 aromatic rings. The minimum Gasteiger partial charge on any atom is -0.354 e. The Kier molecular flexibility index (Phi) is 10.8. The second kappa shape index (κ2) is 14.1. The monoisotopic (exact) mass is 567 g/mol. The van der Waals surface area contributed by atoms with E-state index in [1.807, 2.05) is 26.8 Å². The Bertz CT molecular complexity index is 1390. The maximum atomic E-state index is 14.0. The van der Waals surface area contributed by atoms with Crippen LogP contribution in [0.4, 0.5) is 10.1 Å². The molecule has 2 amide bonds. The Balaban J connectivity index is 2.03. The molecule has 0 aliphatic rings. The summed E-state index contributed by atoms with van der Waals surface area (Å²) in [6.07, 6.45) is 2.02. The molecule has 0 saturated heterocycles. The van der Waals surface area contributed by atoms with E-state index in [1.54, 1.807) is 49.4 Å². The Morgan fingerprint density at radius 3 is 2.20 bits per heavy atom. The second-order valence-corrected chi connectivity index (χ2v) is 11.7. The van der Waals surface area contributed by atoms with Gasteiger partial charge < -0.3 is 10.2 Å². The molecule has 0 aromatic heterocycles. The predicted octanol–water partition coefficient (Wildman–Crippen LogP) is 5.36. The molecule has 0 unspecified atom stereocenters. The van der Waals surface area contributed by atoms with Crippen LogP contribution in [0, 0.1) is 19.7 Å². The topological polar surface area (TPSA) is 86.8 Å². The molecule has 3 rings (SSSR count). The van der Waals surface area contributed by atoms with Gasteiger partial charge in [0, 0.05) is 13.1 Å². The number of carbonyl (C=O) groups excluding carboxylic acids is 2. The minimum atomic E-state index is -4.13. The van der Waals surface area contributed by atoms with Gasteiger partial charge in [-0.25, -0.2) is 12.8 Å². The van der Waals surface area contributed by atoms with Crippen LogP contribution in [0.3, 0.4) is 0 Å². The fourth-order valence-corrected chi connectivity index (χ4v) is 5.77. The Hall–Kier alpha value is -3.72. The number of amides is 2. The van der Waals surface area contributed by atoms with Crippen LogP contribution in [0.2, 0.25) is 0 Å². The first-order valence-corrected chi connectivity index (χ1v) is 15.0. The van der Waals surface area contributed by atoms with Gasteiger partial charge >= 0.3 is 0 Å². The standard InChI is InChI=1S/C31H38FN3O4S/c1-5-7-19-33-31(37)29(6-2)34(21-25-13-15-26(32)16-14-25)30(36)22-35(27-10-8-9-24(4)20-27)40(38,39)28-17-11-23(3)12-18-28/h8-18,20,29H,5-7,19,21-22H2,1-4H3,(H,33,37)/t29-/m1/s1. The molecule has 1 N–H and O–H groups in total. The van der Waals surface area contributed by atoms with Crippen LogP contribution in [0.1, 0.15) is 49.8 Å². The van der Waals surface area contributed by atoms with Gasteiger partial charge in [0.2, 0.25) is 11.8 Å². The summed E-state index contributed by atoms with van der Waals surface area (Å²) in [6, 6.07) is 18.2. The van der Waals surface area contributed by atoms with E-state index in [2.05, 4.69) is 5.32 Å². The normalized spacial score (nSPS) is 12.0. The average Bonchev–Trinajstić information content (AvgIpc) is 2.93. The number of carbonyl (C=O) groups is 2. The van der Waals surface area contributed by atoms with E-state index in [9.17, 15) is 22.4 Å². The van der Waals surface area contributed by atoms with Crippen molar-refractivity contribution in [1.82, 2.24) is 10.2 Å². The maximum Gasteiger partial charge on any atom is 0.264 e. The Morgan fingerprint density at radius 1 is 0.925 bits per heavy atom. The number of nitrogens with zero attached hydrogens (tertiary/aromatic N) is 2. The fraction of sp³-hybridized carbons (Fsp3) is 0.355. The summed E-state index contributed by atoms with van der Waals surface area (Å²) in [5, 5.41) is 2.89. The van der Waals surface area contributed by atoms with Crippen molar-refractivity contribution in [3.63, 3.8) is 0 Å². The second-order valence-electron chi connectivity index (χ2n) is 9.88. The number of rotatable bonds is 13. The van der Waals surface area contributed by atoms with Gasteiger partial charge in [-0.15, -0.1) is 0 Å². The number of nitrogens with one attached hydrogen (secondary N) is 1. The first-order valence-electron chi connectivity index (χ1n) is 13.5. The zero-order chi connectivity index (χ0) is 29.3. The fourth-order valence-electron chi connectivity index (χ4n) is 4.36. The molecular weight excluding hydrogens is 529 g/mol. The molecule has 3 aromatic carbocycles. The molecule has 0 fully saturated rings. The van der Waals surface area contributed by atoms with Gasteiger partial charge in [-0.3, -0.25) is 13.9 Å². The first-order chi connectivity index (χ1) is 19.1. The van der Waals surface area contributed by atoms with Gasteiger partial charge in [-0.05, 0) is 74.2 Å². The van der Waals surface area contributed by atoms with Crippen molar-refractivity contribution in [2.24, 2.45) is 0 Å². The molecule has 40 heavy (non-hydrogen) atoms. The molecule has 214 valence electrons. The van der Waals surface area contributed by atoms with E-state index in [0.717, 1.165) is 28.3 Å². The SMILES string of the molecule is CCCCNC(=O)[C@@H](CC)N(Cc1ccc(F)cc1)C(=O)CN(c1cccc(C)c1)S(=O)(=O)c1ccc(C)cc1. The third kappa shape index (κ3) is 7.91. The smallest absolute Gasteiger partial charge is 0.264 e. The molecule has 0 aliphatic carbocycles. The van der Waals surface area contributed by atoms with Crippen LogP contribution in [0.5, 0.6) is 0 Å². The molecule has 7 nitrogen and oxygen atoms in total. The number of hydrogen-bond acceptors (Lipinski definition) is 4. The van der Waals surface area contributed by atoms with Gasteiger partial charge in [0.15, 0.2) is 0 Å².